The molecule has 0 bridgehead atoms. The van der Waals surface area contributed by atoms with Crippen molar-refractivity contribution in [2.45, 2.75) is 38.3 Å². The highest BCUT2D eigenvalue weighted by atomic mass is 19.1. The number of amides is 1. The number of hydrogen-bond acceptors (Lipinski definition) is 3. The van der Waals surface area contributed by atoms with Crippen molar-refractivity contribution in [2.24, 2.45) is 0 Å². The number of halogens is 1. The summed E-state index contributed by atoms with van der Waals surface area (Å²) in [6.07, 6.45) is 6.63. The standard InChI is InChI=1S/C24H27FN4O/c25-21-5-4-6-22-23(21)29(17-26-22)15-18-7-9-19(10-8-18)24(30)28-14-11-20(16-28)27-12-2-1-3-13-27/h4-10,17,20H,1-3,11-16H2/t20-/m0/s1. The average molecular weight is 407 g/mol. The average Bonchev–Trinajstić information content (AvgIpc) is 3.43. The van der Waals surface area contributed by atoms with E-state index in [4.69, 9.17) is 0 Å². The van der Waals surface area contributed by atoms with Crippen molar-refractivity contribution in [3.8, 4) is 0 Å². The SMILES string of the molecule is O=C(c1ccc(Cn2cnc3cccc(F)c32)cc1)N1CC[C@H](N2CCCCC2)C1. The molecule has 156 valence electrons. The fourth-order valence-corrected chi connectivity index (χ4v) is 4.84. The molecule has 3 aromatic rings. The highest BCUT2D eigenvalue weighted by molar-refractivity contribution is 5.94. The van der Waals surface area contributed by atoms with Crippen LogP contribution in [0.4, 0.5) is 4.39 Å². The van der Waals surface area contributed by atoms with Gasteiger partial charge in [-0.1, -0.05) is 24.6 Å². The number of aromatic nitrogens is 2. The Labute approximate surface area is 176 Å². The number of imidazole rings is 1. The van der Waals surface area contributed by atoms with Crippen LogP contribution in [-0.2, 0) is 6.54 Å². The number of rotatable bonds is 4. The van der Waals surface area contributed by atoms with Crippen molar-refractivity contribution in [2.75, 3.05) is 26.2 Å². The lowest BCUT2D eigenvalue weighted by atomic mass is 10.1. The van der Waals surface area contributed by atoms with Crippen molar-refractivity contribution < 1.29 is 9.18 Å². The number of fused-ring (bicyclic) bond motifs is 1. The molecule has 3 heterocycles. The van der Waals surface area contributed by atoms with Gasteiger partial charge >= 0.3 is 0 Å². The van der Waals surface area contributed by atoms with E-state index in [2.05, 4.69) is 9.88 Å². The second kappa shape index (κ2) is 8.19. The molecule has 5 rings (SSSR count). The fourth-order valence-electron chi connectivity index (χ4n) is 4.84. The molecular formula is C24H27FN4O. The summed E-state index contributed by atoms with van der Waals surface area (Å²) < 4.78 is 16.0. The Morgan fingerprint density at radius 1 is 1.03 bits per heavy atom. The molecule has 0 spiro atoms. The van der Waals surface area contributed by atoms with Crippen molar-refractivity contribution in [3.05, 3.63) is 65.7 Å². The summed E-state index contributed by atoms with van der Waals surface area (Å²) in [6, 6.07) is 13.1. The molecule has 2 aliphatic rings. The van der Waals surface area contributed by atoms with Gasteiger partial charge in [0.05, 0.1) is 11.8 Å². The van der Waals surface area contributed by atoms with Crippen molar-refractivity contribution in [3.63, 3.8) is 0 Å². The van der Waals surface area contributed by atoms with Crippen LogP contribution < -0.4 is 0 Å². The van der Waals surface area contributed by atoms with Crippen LogP contribution in [0.2, 0.25) is 0 Å². The zero-order valence-corrected chi connectivity index (χ0v) is 17.1. The van der Waals surface area contributed by atoms with Crippen LogP contribution in [0.25, 0.3) is 11.0 Å². The molecule has 1 amide bonds. The Hall–Kier alpha value is -2.73. The van der Waals surface area contributed by atoms with E-state index < -0.39 is 0 Å². The minimum atomic E-state index is -0.269. The van der Waals surface area contributed by atoms with Crippen LogP contribution in [0.1, 0.15) is 41.6 Å². The molecule has 6 heteroatoms. The summed E-state index contributed by atoms with van der Waals surface area (Å²) >= 11 is 0. The largest absolute Gasteiger partial charge is 0.337 e. The number of nitrogens with zero attached hydrogens (tertiary/aromatic N) is 4. The van der Waals surface area contributed by atoms with Gasteiger partial charge in [-0.25, -0.2) is 9.37 Å². The van der Waals surface area contributed by atoms with Crippen LogP contribution in [-0.4, -0.2) is 57.5 Å². The minimum absolute atomic E-state index is 0.111. The van der Waals surface area contributed by atoms with Crippen molar-refractivity contribution in [1.29, 1.82) is 0 Å². The summed E-state index contributed by atoms with van der Waals surface area (Å²) in [5, 5.41) is 0. The number of carbonyl (C=O) groups is 1. The lowest BCUT2D eigenvalue weighted by Crippen LogP contribution is -2.41. The lowest BCUT2D eigenvalue weighted by Gasteiger charge is -2.32. The summed E-state index contributed by atoms with van der Waals surface area (Å²) in [5.74, 6) is -0.158. The van der Waals surface area contributed by atoms with Crippen molar-refractivity contribution >= 4 is 16.9 Å². The Bertz CT molecular complexity index is 1040. The summed E-state index contributed by atoms with van der Waals surface area (Å²) in [7, 11) is 0. The first kappa shape index (κ1) is 19.2. The molecular weight excluding hydrogens is 379 g/mol. The van der Waals surface area contributed by atoms with E-state index >= 15 is 0 Å². The molecule has 30 heavy (non-hydrogen) atoms. The van der Waals surface area contributed by atoms with E-state index in [-0.39, 0.29) is 11.7 Å². The molecule has 0 N–H and O–H groups in total. The predicted molar refractivity (Wildman–Crippen MR) is 115 cm³/mol. The molecule has 0 unspecified atom stereocenters. The normalized spacial score (nSPS) is 20.2. The van der Waals surface area contributed by atoms with Crippen molar-refractivity contribution in [1.82, 2.24) is 19.4 Å². The molecule has 2 fully saturated rings. The number of likely N-dealkylation sites (tertiary alicyclic amines) is 2. The molecule has 0 radical (unpaired) electrons. The first-order valence-corrected chi connectivity index (χ1v) is 10.9. The molecule has 2 saturated heterocycles. The van der Waals surface area contributed by atoms with Gasteiger partial charge in [0, 0.05) is 31.2 Å². The van der Waals surface area contributed by atoms with Gasteiger partial charge in [-0.2, -0.15) is 0 Å². The Kier molecular flexibility index (Phi) is 5.25. The highest BCUT2D eigenvalue weighted by Gasteiger charge is 2.31. The maximum atomic E-state index is 14.2. The number of carbonyl (C=O) groups excluding carboxylic acids is 1. The third-order valence-electron chi connectivity index (χ3n) is 6.50. The Balaban J connectivity index is 1.25. The second-order valence-electron chi connectivity index (χ2n) is 8.47. The van der Waals surface area contributed by atoms with Crippen LogP contribution in [0.5, 0.6) is 0 Å². The van der Waals surface area contributed by atoms with Crippen LogP contribution in [0.15, 0.2) is 48.8 Å². The topological polar surface area (TPSA) is 41.4 Å². The van der Waals surface area contributed by atoms with E-state index in [0.29, 0.717) is 23.6 Å². The van der Waals surface area contributed by atoms with Gasteiger partial charge in [0.15, 0.2) is 0 Å². The van der Waals surface area contributed by atoms with Gasteiger partial charge in [-0.15, -0.1) is 0 Å². The summed E-state index contributed by atoms with van der Waals surface area (Å²) in [4.78, 5) is 21.8. The molecule has 1 atom stereocenters. The van der Waals surface area contributed by atoms with Crippen LogP contribution in [0.3, 0.4) is 0 Å². The number of piperidine rings is 1. The second-order valence-corrected chi connectivity index (χ2v) is 8.47. The van der Waals surface area contributed by atoms with Gasteiger partial charge < -0.3 is 9.47 Å². The number of para-hydroxylation sites is 1. The van der Waals surface area contributed by atoms with Crippen LogP contribution >= 0.6 is 0 Å². The maximum Gasteiger partial charge on any atom is 0.253 e. The fraction of sp³-hybridized carbons (Fsp3) is 0.417. The van der Waals surface area contributed by atoms with Gasteiger partial charge in [0.25, 0.3) is 5.91 Å². The zero-order chi connectivity index (χ0) is 20.5. The Morgan fingerprint density at radius 3 is 2.63 bits per heavy atom. The third kappa shape index (κ3) is 3.72. The summed E-state index contributed by atoms with van der Waals surface area (Å²) in [6.45, 7) is 4.53. The highest BCUT2D eigenvalue weighted by Crippen LogP contribution is 2.22. The van der Waals surface area contributed by atoms with E-state index in [1.165, 1.54) is 38.4 Å². The van der Waals surface area contributed by atoms with Gasteiger partial charge in [0.1, 0.15) is 11.3 Å². The molecule has 0 saturated carbocycles. The van der Waals surface area contributed by atoms with Gasteiger partial charge in [-0.05, 0) is 62.2 Å². The summed E-state index contributed by atoms with van der Waals surface area (Å²) in [5.41, 5.74) is 2.90. The molecule has 0 aliphatic carbocycles. The van der Waals surface area contributed by atoms with Crippen LogP contribution in [0, 0.1) is 5.82 Å². The Morgan fingerprint density at radius 2 is 1.83 bits per heavy atom. The van der Waals surface area contributed by atoms with Gasteiger partial charge in [-0.3, -0.25) is 9.69 Å². The van der Waals surface area contributed by atoms with Gasteiger partial charge in [0.2, 0.25) is 0 Å². The molecule has 2 aromatic carbocycles. The first-order valence-electron chi connectivity index (χ1n) is 10.9. The van der Waals surface area contributed by atoms with E-state index in [1.807, 2.05) is 39.8 Å². The molecule has 1 aromatic heterocycles. The van der Waals surface area contributed by atoms with E-state index in [0.717, 1.165) is 30.6 Å². The maximum absolute atomic E-state index is 14.2. The smallest absolute Gasteiger partial charge is 0.253 e. The minimum Gasteiger partial charge on any atom is -0.337 e. The first-order chi connectivity index (χ1) is 14.7. The molecule has 5 nitrogen and oxygen atoms in total. The van der Waals surface area contributed by atoms with E-state index in [9.17, 15) is 9.18 Å². The lowest BCUT2D eigenvalue weighted by molar-refractivity contribution is 0.0771. The molecule has 2 aliphatic heterocycles. The number of hydrogen-bond donors (Lipinski definition) is 0. The zero-order valence-electron chi connectivity index (χ0n) is 17.1. The third-order valence-corrected chi connectivity index (χ3v) is 6.50. The monoisotopic (exact) mass is 406 g/mol. The van der Waals surface area contributed by atoms with E-state index in [1.54, 1.807) is 12.4 Å². The quantitative estimate of drug-likeness (QED) is 0.659. The number of benzene rings is 2. The predicted octanol–water partition coefficient (Wildman–Crippen LogP) is 3.92.